The van der Waals surface area contributed by atoms with Gasteiger partial charge in [0.2, 0.25) is 5.91 Å². The van der Waals surface area contributed by atoms with Crippen molar-refractivity contribution in [3.05, 3.63) is 0 Å². The summed E-state index contributed by atoms with van der Waals surface area (Å²) in [5, 5.41) is 2.94. The van der Waals surface area contributed by atoms with E-state index in [1.807, 2.05) is 4.90 Å². The van der Waals surface area contributed by atoms with Gasteiger partial charge in [0.25, 0.3) is 5.91 Å². The molecule has 128 valence electrons. The van der Waals surface area contributed by atoms with E-state index in [2.05, 4.69) is 5.32 Å². The summed E-state index contributed by atoms with van der Waals surface area (Å²) >= 11 is 0. The van der Waals surface area contributed by atoms with Crippen molar-refractivity contribution in [3.8, 4) is 0 Å². The third-order valence-corrected chi connectivity index (χ3v) is 5.47. The van der Waals surface area contributed by atoms with E-state index in [1.54, 1.807) is 0 Å². The molecule has 3 aliphatic rings. The number of primary amides is 1. The van der Waals surface area contributed by atoms with E-state index in [-0.39, 0.29) is 30.6 Å². The summed E-state index contributed by atoms with van der Waals surface area (Å²) in [4.78, 5) is 40.0. The Balaban J connectivity index is 1.73. The predicted molar refractivity (Wildman–Crippen MR) is 84.2 cm³/mol. The molecule has 1 aliphatic carbocycles. The molecule has 3 rings (SSSR count). The molecule has 0 bridgehead atoms. The van der Waals surface area contributed by atoms with Crippen molar-refractivity contribution in [1.29, 1.82) is 0 Å². The summed E-state index contributed by atoms with van der Waals surface area (Å²) in [5.74, 6) is -0.501. The number of nitrogens with two attached hydrogens (primary N) is 1. The van der Waals surface area contributed by atoms with Crippen LogP contribution in [0.5, 0.6) is 0 Å². The Kier molecular flexibility index (Phi) is 4.57. The first-order chi connectivity index (χ1) is 11.0. The quantitative estimate of drug-likeness (QED) is 0.756. The Morgan fingerprint density at radius 2 is 1.83 bits per heavy atom. The lowest BCUT2D eigenvalue weighted by Gasteiger charge is -2.35. The number of carbonyl (C=O) groups is 3. The highest BCUT2D eigenvalue weighted by molar-refractivity contribution is 6.07. The number of amides is 4. The predicted octanol–water partition coefficient (Wildman–Crippen LogP) is 0.928. The maximum atomic E-state index is 12.9. The van der Waals surface area contributed by atoms with Crippen molar-refractivity contribution in [2.45, 2.75) is 69.4 Å². The fraction of sp³-hybridized carbons (Fsp3) is 0.812. The minimum absolute atomic E-state index is 0.127. The maximum absolute atomic E-state index is 12.9. The average molecular weight is 322 g/mol. The van der Waals surface area contributed by atoms with Gasteiger partial charge in [-0.25, -0.2) is 9.69 Å². The van der Waals surface area contributed by atoms with Crippen LogP contribution in [0.1, 0.15) is 57.8 Å². The second-order valence-corrected chi connectivity index (χ2v) is 7.03. The van der Waals surface area contributed by atoms with Gasteiger partial charge in [-0.3, -0.25) is 14.5 Å². The average Bonchev–Trinajstić information content (AvgIpc) is 2.71. The molecule has 1 atom stereocenters. The van der Waals surface area contributed by atoms with Crippen LogP contribution < -0.4 is 11.1 Å². The number of likely N-dealkylation sites (tertiary alicyclic amines) is 1. The highest BCUT2D eigenvalue weighted by Gasteiger charge is 2.51. The Morgan fingerprint density at radius 3 is 2.48 bits per heavy atom. The van der Waals surface area contributed by atoms with Crippen LogP contribution in [-0.4, -0.2) is 52.4 Å². The molecule has 7 nitrogen and oxygen atoms in total. The van der Waals surface area contributed by atoms with Crippen molar-refractivity contribution in [1.82, 2.24) is 15.1 Å². The third-order valence-electron chi connectivity index (χ3n) is 5.47. The van der Waals surface area contributed by atoms with E-state index in [4.69, 9.17) is 5.73 Å². The number of hydrogen-bond acceptors (Lipinski definition) is 4. The third kappa shape index (κ3) is 3.06. The lowest BCUT2D eigenvalue weighted by molar-refractivity contribution is -0.136. The lowest BCUT2D eigenvalue weighted by Crippen LogP contribution is -2.53. The first-order valence-corrected chi connectivity index (χ1v) is 8.71. The van der Waals surface area contributed by atoms with Crippen LogP contribution in [0, 0.1) is 0 Å². The molecule has 2 aliphatic heterocycles. The molecule has 0 aromatic rings. The fourth-order valence-electron chi connectivity index (χ4n) is 4.14. The summed E-state index contributed by atoms with van der Waals surface area (Å²) in [7, 11) is 0. The van der Waals surface area contributed by atoms with Crippen molar-refractivity contribution in [2.24, 2.45) is 5.73 Å². The second-order valence-electron chi connectivity index (χ2n) is 7.03. The summed E-state index contributed by atoms with van der Waals surface area (Å²) in [6.45, 7) is 0.859. The number of imide groups is 1. The van der Waals surface area contributed by atoms with E-state index in [9.17, 15) is 14.4 Å². The highest BCUT2D eigenvalue weighted by atomic mass is 16.2. The van der Waals surface area contributed by atoms with Crippen LogP contribution in [0.4, 0.5) is 4.79 Å². The molecule has 7 heteroatoms. The number of piperidine rings is 1. The zero-order chi connectivity index (χ0) is 16.4. The van der Waals surface area contributed by atoms with E-state index < -0.39 is 5.54 Å². The summed E-state index contributed by atoms with van der Waals surface area (Å²) in [6.07, 6.45) is 8.19. The van der Waals surface area contributed by atoms with Crippen LogP contribution in [0.15, 0.2) is 0 Å². The topological polar surface area (TPSA) is 95.7 Å². The Morgan fingerprint density at radius 1 is 1.13 bits per heavy atom. The largest absolute Gasteiger partial charge is 0.368 e. The normalized spacial score (nSPS) is 28.7. The van der Waals surface area contributed by atoms with Crippen molar-refractivity contribution >= 4 is 17.8 Å². The smallest absolute Gasteiger partial charge is 0.326 e. The van der Waals surface area contributed by atoms with Crippen molar-refractivity contribution in [3.63, 3.8) is 0 Å². The number of nitrogens with one attached hydrogen (secondary N) is 1. The number of rotatable bonds is 3. The van der Waals surface area contributed by atoms with Gasteiger partial charge in [0.15, 0.2) is 0 Å². The van der Waals surface area contributed by atoms with Gasteiger partial charge in [0, 0.05) is 6.54 Å². The van der Waals surface area contributed by atoms with E-state index >= 15 is 0 Å². The molecule has 1 saturated carbocycles. The zero-order valence-electron chi connectivity index (χ0n) is 13.6. The highest BCUT2D eigenvalue weighted by Crippen LogP contribution is 2.33. The first-order valence-electron chi connectivity index (χ1n) is 8.71. The van der Waals surface area contributed by atoms with Crippen LogP contribution in [-0.2, 0) is 9.59 Å². The number of hydrogen-bond donors (Lipinski definition) is 2. The Bertz CT molecular complexity index is 500. The van der Waals surface area contributed by atoms with Crippen LogP contribution in [0.3, 0.4) is 0 Å². The molecule has 0 aromatic heterocycles. The van der Waals surface area contributed by atoms with Gasteiger partial charge in [-0.2, -0.15) is 0 Å². The minimum Gasteiger partial charge on any atom is -0.368 e. The van der Waals surface area contributed by atoms with Crippen molar-refractivity contribution in [2.75, 3.05) is 13.2 Å². The molecule has 23 heavy (non-hydrogen) atoms. The molecule has 2 heterocycles. The first kappa shape index (κ1) is 16.2. The van der Waals surface area contributed by atoms with E-state index in [0.29, 0.717) is 25.8 Å². The van der Waals surface area contributed by atoms with E-state index in [1.165, 1.54) is 4.90 Å². The lowest BCUT2D eigenvalue weighted by atomic mass is 9.90. The molecule has 0 aromatic carbocycles. The monoisotopic (exact) mass is 322 g/mol. The van der Waals surface area contributed by atoms with Crippen molar-refractivity contribution < 1.29 is 14.4 Å². The molecular formula is C16H26N4O3. The maximum Gasteiger partial charge on any atom is 0.326 e. The van der Waals surface area contributed by atoms with Crippen LogP contribution in [0.25, 0.3) is 0 Å². The number of urea groups is 1. The fourth-order valence-corrected chi connectivity index (χ4v) is 4.14. The van der Waals surface area contributed by atoms with Crippen LogP contribution in [0.2, 0.25) is 0 Å². The molecule has 1 unspecified atom stereocenters. The standard InChI is InChI=1S/C16H26N4O3/c17-13(21)12-7-3-6-10-19(12)11-20-14(22)16(18-15(20)23)8-4-1-2-5-9-16/h12H,1-11H2,(H2,17,21)(H,18,23). The molecule has 0 radical (unpaired) electrons. The van der Waals surface area contributed by atoms with E-state index in [0.717, 1.165) is 38.5 Å². The van der Waals surface area contributed by atoms with Gasteiger partial charge in [0.05, 0.1) is 12.7 Å². The summed E-state index contributed by atoms with van der Waals surface area (Å²) in [6, 6.07) is -0.708. The number of carbonyl (C=O) groups excluding carboxylic acids is 3. The molecule has 4 amide bonds. The SMILES string of the molecule is NC(=O)C1CCCCN1CN1C(=O)NC2(CCCCCC2)C1=O. The van der Waals surface area contributed by atoms with Gasteiger partial charge in [0.1, 0.15) is 5.54 Å². The van der Waals surface area contributed by atoms with Gasteiger partial charge >= 0.3 is 6.03 Å². The molecule has 3 fully saturated rings. The second kappa shape index (κ2) is 6.47. The zero-order valence-corrected chi connectivity index (χ0v) is 13.6. The Hall–Kier alpha value is -1.63. The molecule has 1 spiro atoms. The van der Waals surface area contributed by atoms with Gasteiger partial charge in [-0.05, 0) is 25.7 Å². The molecule has 2 saturated heterocycles. The van der Waals surface area contributed by atoms with Gasteiger partial charge in [-0.15, -0.1) is 0 Å². The summed E-state index contributed by atoms with van der Waals surface area (Å²) < 4.78 is 0. The minimum atomic E-state index is -0.717. The molecule has 3 N–H and O–H groups in total. The van der Waals surface area contributed by atoms with Gasteiger partial charge in [-0.1, -0.05) is 32.1 Å². The van der Waals surface area contributed by atoms with Gasteiger partial charge < -0.3 is 11.1 Å². The Labute approximate surface area is 136 Å². The van der Waals surface area contributed by atoms with Crippen LogP contribution >= 0.6 is 0 Å². The number of nitrogens with zero attached hydrogens (tertiary/aromatic N) is 2. The molecular weight excluding hydrogens is 296 g/mol. The summed E-state index contributed by atoms with van der Waals surface area (Å²) in [5.41, 5.74) is 4.76.